The van der Waals surface area contributed by atoms with E-state index in [4.69, 9.17) is 4.74 Å². The van der Waals surface area contributed by atoms with Gasteiger partial charge in [-0.1, -0.05) is 0 Å². The summed E-state index contributed by atoms with van der Waals surface area (Å²) >= 11 is 0. The third-order valence-corrected chi connectivity index (χ3v) is 2.51. The maximum absolute atomic E-state index is 9.57. The first kappa shape index (κ1) is 10.9. The Bertz CT molecular complexity index is 144. The van der Waals surface area contributed by atoms with Crippen LogP contribution in [0, 0.1) is 0 Å². The lowest BCUT2D eigenvalue weighted by atomic mass is 10.1. The molecule has 0 saturated carbocycles. The zero-order valence-corrected chi connectivity index (χ0v) is 8.49. The second kappa shape index (κ2) is 5.54. The predicted molar refractivity (Wildman–Crippen MR) is 51.8 cm³/mol. The zero-order chi connectivity index (χ0) is 9.68. The summed E-state index contributed by atoms with van der Waals surface area (Å²) in [7, 11) is 3.93. The molecular formula is C9H20N2O2. The molecule has 1 aliphatic heterocycles. The van der Waals surface area contributed by atoms with E-state index in [2.05, 4.69) is 17.3 Å². The van der Waals surface area contributed by atoms with Crippen molar-refractivity contribution in [3.05, 3.63) is 0 Å². The van der Waals surface area contributed by atoms with Gasteiger partial charge in [0.15, 0.2) is 0 Å². The summed E-state index contributed by atoms with van der Waals surface area (Å²) in [5.41, 5.74) is 0. The number of morpholine rings is 1. The highest BCUT2D eigenvalue weighted by molar-refractivity contribution is 4.76. The van der Waals surface area contributed by atoms with Crippen molar-refractivity contribution >= 4 is 0 Å². The van der Waals surface area contributed by atoms with Crippen molar-refractivity contribution in [2.45, 2.75) is 18.6 Å². The Morgan fingerprint density at radius 3 is 3.08 bits per heavy atom. The first-order valence-electron chi connectivity index (χ1n) is 4.84. The van der Waals surface area contributed by atoms with Gasteiger partial charge in [-0.15, -0.1) is 0 Å². The fraction of sp³-hybridized carbons (Fsp3) is 1.00. The monoisotopic (exact) mass is 188 g/mol. The van der Waals surface area contributed by atoms with Gasteiger partial charge in [-0.2, -0.15) is 0 Å². The van der Waals surface area contributed by atoms with E-state index in [9.17, 15) is 5.11 Å². The molecule has 13 heavy (non-hydrogen) atoms. The summed E-state index contributed by atoms with van der Waals surface area (Å²) in [6.07, 6.45) is 0.524. The standard InChI is InChI=1S/C9H20N2O2/c1-10-6-9(12)5-8-7-13-4-3-11(8)2/h8-10,12H,3-7H2,1-2H3. The van der Waals surface area contributed by atoms with E-state index in [-0.39, 0.29) is 6.10 Å². The number of rotatable bonds is 4. The molecule has 1 rings (SSSR count). The molecule has 0 amide bonds. The van der Waals surface area contributed by atoms with Gasteiger partial charge in [0, 0.05) is 19.1 Å². The van der Waals surface area contributed by atoms with Gasteiger partial charge in [-0.05, 0) is 20.5 Å². The summed E-state index contributed by atoms with van der Waals surface area (Å²) in [5.74, 6) is 0. The molecule has 2 atom stereocenters. The van der Waals surface area contributed by atoms with Crippen molar-refractivity contribution in [2.24, 2.45) is 0 Å². The fourth-order valence-electron chi connectivity index (χ4n) is 1.62. The molecule has 1 heterocycles. The summed E-state index contributed by atoms with van der Waals surface area (Å²) in [6, 6.07) is 0.372. The van der Waals surface area contributed by atoms with Gasteiger partial charge in [0.05, 0.1) is 19.3 Å². The number of hydrogen-bond acceptors (Lipinski definition) is 4. The quantitative estimate of drug-likeness (QED) is 0.611. The molecule has 2 N–H and O–H groups in total. The van der Waals surface area contributed by atoms with Crippen molar-refractivity contribution in [1.29, 1.82) is 0 Å². The van der Waals surface area contributed by atoms with Crippen molar-refractivity contribution in [1.82, 2.24) is 10.2 Å². The van der Waals surface area contributed by atoms with Crippen LogP contribution in [0.3, 0.4) is 0 Å². The largest absolute Gasteiger partial charge is 0.392 e. The predicted octanol–water partition coefficient (Wildman–Crippen LogP) is -0.713. The van der Waals surface area contributed by atoms with Crippen molar-refractivity contribution in [2.75, 3.05) is 40.4 Å². The molecule has 1 aliphatic rings. The summed E-state index contributed by atoms with van der Waals surface area (Å²) in [4.78, 5) is 2.25. The molecule has 78 valence electrons. The number of likely N-dealkylation sites (N-methyl/N-ethyl adjacent to an activating group) is 2. The molecule has 0 aromatic rings. The van der Waals surface area contributed by atoms with Gasteiger partial charge >= 0.3 is 0 Å². The van der Waals surface area contributed by atoms with Crippen LogP contribution >= 0.6 is 0 Å². The smallest absolute Gasteiger partial charge is 0.0680 e. The lowest BCUT2D eigenvalue weighted by Gasteiger charge is -2.33. The molecule has 4 heteroatoms. The van der Waals surface area contributed by atoms with E-state index >= 15 is 0 Å². The second-order valence-corrected chi connectivity index (χ2v) is 3.66. The minimum Gasteiger partial charge on any atom is -0.392 e. The molecule has 4 nitrogen and oxygen atoms in total. The molecule has 0 spiro atoms. The lowest BCUT2D eigenvalue weighted by molar-refractivity contribution is -0.0132. The van der Waals surface area contributed by atoms with E-state index in [1.54, 1.807) is 0 Å². The Morgan fingerprint density at radius 2 is 2.46 bits per heavy atom. The van der Waals surface area contributed by atoms with Gasteiger partial charge in [0.2, 0.25) is 0 Å². The van der Waals surface area contributed by atoms with E-state index < -0.39 is 0 Å². The SMILES string of the molecule is CNCC(O)CC1COCCN1C. The molecule has 0 bridgehead atoms. The molecule has 1 saturated heterocycles. The first-order chi connectivity index (χ1) is 6.24. The average Bonchev–Trinajstić information content (AvgIpc) is 2.09. The maximum atomic E-state index is 9.57. The number of hydrogen-bond donors (Lipinski definition) is 2. The van der Waals surface area contributed by atoms with Gasteiger partial charge in [0.1, 0.15) is 0 Å². The highest BCUT2D eigenvalue weighted by Crippen LogP contribution is 2.09. The number of aliphatic hydroxyl groups excluding tert-OH is 1. The van der Waals surface area contributed by atoms with Crippen molar-refractivity contribution in [3.8, 4) is 0 Å². The van der Waals surface area contributed by atoms with Crippen molar-refractivity contribution in [3.63, 3.8) is 0 Å². The van der Waals surface area contributed by atoms with Crippen LogP contribution in [0.25, 0.3) is 0 Å². The van der Waals surface area contributed by atoms with Gasteiger partial charge in [0.25, 0.3) is 0 Å². The summed E-state index contributed by atoms with van der Waals surface area (Å²) in [5, 5.41) is 12.5. The Labute approximate surface area is 79.9 Å². The van der Waals surface area contributed by atoms with Crippen LogP contribution in [-0.2, 0) is 4.74 Å². The van der Waals surface area contributed by atoms with Gasteiger partial charge in [-0.3, -0.25) is 4.90 Å². The minimum absolute atomic E-state index is 0.265. The molecule has 0 aromatic carbocycles. The molecular weight excluding hydrogens is 168 g/mol. The fourth-order valence-corrected chi connectivity index (χ4v) is 1.62. The van der Waals surface area contributed by atoms with Gasteiger partial charge in [-0.25, -0.2) is 0 Å². The zero-order valence-electron chi connectivity index (χ0n) is 8.49. The van der Waals surface area contributed by atoms with Crippen LogP contribution in [0.15, 0.2) is 0 Å². The lowest BCUT2D eigenvalue weighted by Crippen LogP contribution is -2.45. The van der Waals surface area contributed by atoms with Crippen LogP contribution in [0.4, 0.5) is 0 Å². The molecule has 1 fully saturated rings. The third-order valence-electron chi connectivity index (χ3n) is 2.51. The number of aliphatic hydroxyl groups is 1. The minimum atomic E-state index is -0.265. The topological polar surface area (TPSA) is 44.7 Å². The van der Waals surface area contributed by atoms with Crippen LogP contribution < -0.4 is 5.32 Å². The second-order valence-electron chi connectivity index (χ2n) is 3.66. The number of nitrogens with zero attached hydrogens (tertiary/aromatic N) is 1. The first-order valence-corrected chi connectivity index (χ1v) is 4.84. The van der Waals surface area contributed by atoms with E-state index in [1.165, 1.54) is 0 Å². The highest BCUT2D eigenvalue weighted by Gasteiger charge is 2.21. The van der Waals surface area contributed by atoms with Crippen molar-refractivity contribution < 1.29 is 9.84 Å². The Balaban J connectivity index is 2.25. The molecule has 0 aromatic heterocycles. The molecule has 0 radical (unpaired) electrons. The van der Waals surface area contributed by atoms with Gasteiger partial charge < -0.3 is 15.2 Å². The maximum Gasteiger partial charge on any atom is 0.0680 e. The van der Waals surface area contributed by atoms with E-state index in [1.807, 2.05) is 7.05 Å². The Hall–Kier alpha value is -0.160. The van der Waals surface area contributed by atoms with Crippen LogP contribution in [0.1, 0.15) is 6.42 Å². The summed E-state index contributed by atoms with van der Waals surface area (Å²) in [6.45, 7) is 3.19. The molecule has 0 aliphatic carbocycles. The van der Waals surface area contributed by atoms with Crippen LogP contribution in [0.5, 0.6) is 0 Å². The average molecular weight is 188 g/mol. The van der Waals surface area contributed by atoms with Crippen LogP contribution in [-0.4, -0.2) is 62.6 Å². The van der Waals surface area contributed by atoms with E-state index in [0.29, 0.717) is 12.6 Å². The Morgan fingerprint density at radius 1 is 1.69 bits per heavy atom. The number of ether oxygens (including phenoxy) is 1. The van der Waals surface area contributed by atoms with Crippen LogP contribution in [0.2, 0.25) is 0 Å². The van der Waals surface area contributed by atoms with E-state index in [0.717, 1.165) is 26.2 Å². The molecule has 2 unspecified atom stereocenters. The number of nitrogens with one attached hydrogen (secondary N) is 1. The summed E-state index contributed by atoms with van der Waals surface area (Å²) < 4.78 is 5.36. The Kier molecular flexibility index (Phi) is 4.66. The third kappa shape index (κ3) is 3.60. The normalized spacial score (nSPS) is 27.5. The highest BCUT2D eigenvalue weighted by atomic mass is 16.5.